The molecule has 0 saturated carbocycles. The van der Waals surface area contributed by atoms with E-state index in [0.29, 0.717) is 42.2 Å². The monoisotopic (exact) mass is 491 g/mol. The second kappa shape index (κ2) is 9.34. The van der Waals surface area contributed by atoms with Crippen LogP contribution in [-0.2, 0) is 6.42 Å². The van der Waals surface area contributed by atoms with Crippen LogP contribution in [0.15, 0.2) is 30.7 Å². The van der Waals surface area contributed by atoms with Crippen molar-refractivity contribution in [3.05, 3.63) is 47.5 Å². The van der Waals surface area contributed by atoms with Gasteiger partial charge in [0.05, 0.1) is 11.4 Å². The molecular weight excluding hydrogens is 464 g/mol. The molecule has 8 nitrogen and oxygen atoms in total. The number of urea groups is 1. The van der Waals surface area contributed by atoms with Crippen molar-refractivity contribution >= 4 is 41.3 Å². The Balaban J connectivity index is 0.00000274. The lowest BCUT2D eigenvalue weighted by Crippen LogP contribution is -2.54. The van der Waals surface area contributed by atoms with Gasteiger partial charge in [0.2, 0.25) is 0 Å². The molecular formula is C23H28ClF2N7O. The maximum Gasteiger partial charge on any atom is 0.327 e. The molecule has 2 aliphatic rings. The van der Waals surface area contributed by atoms with Crippen LogP contribution in [0, 0.1) is 6.92 Å². The van der Waals surface area contributed by atoms with E-state index in [4.69, 9.17) is 0 Å². The number of pyridine rings is 2. The van der Waals surface area contributed by atoms with E-state index < -0.39 is 12.5 Å². The highest BCUT2D eigenvalue weighted by Gasteiger charge is 2.32. The zero-order chi connectivity index (χ0) is 23.3. The summed E-state index contributed by atoms with van der Waals surface area (Å²) in [5.74, 6) is 0.585. The van der Waals surface area contributed by atoms with Crippen LogP contribution in [0.25, 0.3) is 5.65 Å². The Morgan fingerprint density at radius 3 is 2.68 bits per heavy atom. The van der Waals surface area contributed by atoms with Crippen molar-refractivity contribution in [2.45, 2.75) is 45.7 Å². The van der Waals surface area contributed by atoms with Crippen LogP contribution in [0.3, 0.4) is 0 Å². The number of halogens is 3. The van der Waals surface area contributed by atoms with Gasteiger partial charge in [-0.3, -0.25) is 4.90 Å². The molecule has 0 spiro atoms. The lowest BCUT2D eigenvalue weighted by Gasteiger charge is -2.38. The van der Waals surface area contributed by atoms with Crippen molar-refractivity contribution in [2.75, 3.05) is 34.8 Å². The number of aromatic nitrogens is 3. The van der Waals surface area contributed by atoms with Gasteiger partial charge >= 0.3 is 6.03 Å². The van der Waals surface area contributed by atoms with Crippen molar-refractivity contribution in [2.24, 2.45) is 0 Å². The minimum absolute atomic E-state index is 0. The van der Waals surface area contributed by atoms with Gasteiger partial charge in [0.15, 0.2) is 0 Å². The third-order valence-corrected chi connectivity index (χ3v) is 6.21. The smallest absolute Gasteiger partial charge is 0.327 e. The Morgan fingerprint density at radius 1 is 1.24 bits per heavy atom. The molecule has 3 aromatic heterocycles. The second-order valence-corrected chi connectivity index (χ2v) is 8.93. The summed E-state index contributed by atoms with van der Waals surface area (Å²) in [5.41, 5.74) is 3.03. The molecule has 182 valence electrons. The number of anilines is 3. The van der Waals surface area contributed by atoms with Gasteiger partial charge in [-0.05, 0) is 39.3 Å². The van der Waals surface area contributed by atoms with Crippen LogP contribution in [0.2, 0.25) is 0 Å². The molecule has 0 unspecified atom stereocenters. The minimum atomic E-state index is -2.74. The summed E-state index contributed by atoms with van der Waals surface area (Å²) in [6.45, 7) is 8.28. The fourth-order valence-electron chi connectivity index (χ4n) is 4.93. The number of hydrogen-bond donors (Lipinski definition) is 2. The minimum Gasteiger partial charge on any atom is -0.368 e. The molecule has 3 aromatic rings. The highest BCUT2D eigenvalue weighted by Crippen LogP contribution is 2.35. The van der Waals surface area contributed by atoms with Gasteiger partial charge in [-0.25, -0.2) is 23.5 Å². The normalized spacial score (nSPS) is 19.9. The number of rotatable bonds is 3. The number of carbonyl (C=O) groups excluding carboxylic acids is 1. The first-order chi connectivity index (χ1) is 15.8. The van der Waals surface area contributed by atoms with Gasteiger partial charge in [0.1, 0.15) is 11.5 Å². The second-order valence-electron chi connectivity index (χ2n) is 8.93. The maximum absolute atomic E-state index is 13.7. The molecule has 5 heterocycles. The van der Waals surface area contributed by atoms with Crippen molar-refractivity contribution in [3.63, 3.8) is 0 Å². The van der Waals surface area contributed by atoms with Crippen molar-refractivity contribution in [1.82, 2.24) is 19.7 Å². The molecule has 0 bridgehead atoms. The summed E-state index contributed by atoms with van der Waals surface area (Å²) in [6, 6.07) is 3.54. The number of alkyl halides is 2. The fraction of sp³-hybridized carbons (Fsp3) is 0.435. The molecule has 0 aromatic carbocycles. The summed E-state index contributed by atoms with van der Waals surface area (Å²) >= 11 is 0. The van der Waals surface area contributed by atoms with E-state index in [1.807, 2.05) is 6.07 Å². The Labute approximate surface area is 202 Å². The van der Waals surface area contributed by atoms with Gasteiger partial charge in [-0.2, -0.15) is 0 Å². The first-order valence-corrected chi connectivity index (χ1v) is 11.1. The highest BCUT2D eigenvalue weighted by atomic mass is 35.5. The number of carbonyl (C=O) groups is 1. The molecule has 1 saturated heterocycles. The predicted molar refractivity (Wildman–Crippen MR) is 131 cm³/mol. The third kappa shape index (κ3) is 4.39. The molecule has 2 aliphatic heterocycles. The third-order valence-electron chi connectivity index (χ3n) is 6.21. The molecule has 0 aliphatic carbocycles. The Kier molecular flexibility index (Phi) is 6.64. The van der Waals surface area contributed by atoms with E-state index in [-0.39, 0.29) is 23.7 Å². The lowest BCUT2D eigenvalue weighted by atomic mass is 10.1. The number of amides is 2. The van der Waals surface area contributed by atoms with E-state index in [2.05, 4.69) is 39.3 Å². The van der Waals surface area contributed by atoms with Gasteiger partial charge in [0.25, 0.3) is 6.43 Å². The molecule has 11 heteroatoms. The van der Waals surface area contributed by atoms with E-state index in [0.717, 1.165) is 24.3 Å². The molecule has 2 atom stereocenters. The zero-order valence-corrected chi connectivity index (χ0v) is 20.1. The van der Waals surface area contributed by atoms with Gasteiger partial charge in [-0.15, -0.1) is 12.4 Å². The summed E-state index contributed by atoms with van der Waals surface area (Å²) in [5, 5.41) is 6.21. The van der Waals surface area contributed by atoms with Crippen molar-refractivity contribution in [3.8, 4) is 0 Å². The summed E-state index contributed by atoms with van der Waals surface area (Å²) in [6.07, 6.45) is 2.85. The van der Waals surface area contributed by atoms with Gasteiger partial charge in [0, 0.05) is 67.1 Å². The standard InChI is InChI=1S/C23H27F2N7O.ClH/c1-13-9-30(10-14(2)27-13)19-4-6-26-22-16(19)5-7-32(22)23(33)29-18-12-31-11-15(3)28-20(31)8-17(18)21(24)25;/h4,6,8,11-14,21,27H,5,7,9-10H2,1-3H3,(H,29,33);1H/t13-,14+;. The molecule has 34 heavy (non-hydrogen) atoms. The number of imidazole rings is 1. The summed E-state index contributed by atoms with van der Waals surface area (Å²) < 4.78 is 29.1. The first kappa shape index (κ1) is 24.2. The SMILES string of the molecule is Cc1cn2cc(NC(=O)N3CCc4c(N5C[C@@H](C)N[C@@H](C)C5)ccnc43)c(C(F)F)cc2n1.Cl. The predicted octanol–water partition coefficient (Wildman–Crippen LogP) is 4.18. The molecule has 0 radical (unpaired) electrons. The van der Waals surface area contributed by atoms with Crippen LogP contribution in [0.5, 0.6) is 0 Å². The first-order valence-electron chi connectivity index (χ1n) is 11.1. The van der Waals surface area contributed by atoms with Gasteiger partial charge in [-0.1, -0.05) is 0 Å². The Bertz CT molecular complexity index is 1210. The lowest BCUT2D eigenvalue weighted by molar-refractivity contribution is 0.152. The quantitative estimate of drug-likeness (QED) is 0.575. The summed E-state index contributed by atoms with van der Waals surface area (Å²) in [7, 11) is 0. The fourth-order valence-corrected chi connectivity index (χ4v) is 4.93. The van der Waals surface area contributed by atoms with Crippen LogP contribution in [-0.4, -0.2) is 52.1 Å². The Hall–Kier alpha value is -2.98. The number of nitrogens with one attached hydrogen (secondary N) is 2. The number of piperazine rings is 1. The summed E-state index contributed by atoms with van der Waals surface area (Å²) in [4.78, 5) is 25.7. The van der Waals surface area contributed by atoms with Crippen molar-refractivity contribution < 1.29 is 13.6 Å². The van der Waals surface area contributed by atoms with Crippen LogP contribution < -0.4 is 20.4 Å². The van der Waals surface area contributed by atoms with E-state index in [9.17, 15) is 13.6 Å². The van der Waals surface area contributed by atoms with E-state index >= 15 is 0 Å². The van der Waals surface area contributed by atoms with E-state index in [1.54, 1.807) is 23.7 Å². The largest absolute Gasteiger partial charge is 0.368 e. The number of fused-ring (bicyclic) bond motifs is 2. The topological polar surface area (TPSA) is 77.8 Å². The average molecular weight is 492 g/mol. The molecule has 2 N–H and O–H groups in total. The van der Waals surface area contributed by atoms with Crippen molar-refractivity contribution in [1.29, 1.82) is 0 Å². The number of hydrogen-bond acceptors (Lipinski definition) is 5. The highest BCUT2D eigenvalue weighted by molar-refractivity contribution is 6.03. The number of aryl methyl sites for hydroxylation is 1. The maximum atomic E-state index is 13.7. The zero-order valence-electron chi connectivity index (χ0n) is 19.3. The van der Waals surface area contributed by atoms with Gasteiger partial charge < -0.3 is 19.9 Å². The molecule has 2 amide bonds. The van der Waals surface area contributed by atoms with Crippen LogP contribution >= 0.6 is 12.4 Å². The van der Waals surface area contributed by atoms with Crippen LogP contribution in [0.4, 0.5) is 30.8 Å². The van der Waals surface area contributed by atoms with E-state index in [1.165, 1.54) is 17.2 Å². The average Bonchev–Trinajstić information content (AvgIpc) is 3.34. The molecule has 5 rings (SSSR count). The number of nitrogens with zero attached hydrogens (tertiary/aromatic N) is 5. The van der Waals surface area contributed by atoms with Crippen LogP contribution in [0.1, 0.15) is 37.1 Å². The molecule has 1 fully saturated rings. The Morgan fingerprint density at radius 2 is 1.97 bits per heavy atom.